The monoisotopic (exact) mass is 166 g/mol. The molecule has 0 heterocycles. The van der Waals surface area contributed by atoms with Gasteiger partial charge in [-0.2, -0.15) is 0 Å². The average molecular weight is 166 g/mol. The smallest absolute Gasteiger partial charge is 0.0381 e. The van der Waals surface area contributed by atoms with E-state index in [2.05, 4.69) is 13.8 Å². The Kier molecular flexibility index (Phi) is 2.43. The van der Waals surface area contributed by atoms with Crippen LogP contribution in [0.5, 0.6) is 0 Å². The van der Waals surface area contributed by atoms with Crippen LogP contribution in [0.1, 0.15) is 52.4 Å². The van der Waals surface area contributed by atoms with Crippen LogP contribution in [0, 0.1) is 23.7 Å². The molecule has 2 aliphatic carbocycles. The molecule has 0 amide bonds. The van der Waals surface area contributed by atoms with Crippen molar-refractivity contribution in [2.45, 2.75) is 52.4 Å². The zero-order valence-electron chi connectivity index (χ0n) is 8.55. The molecule has 0 spiro atoms. The Balaban J connectivity index is 1.94. The van der Waals surface area contributed by atoms with Crippen molar-refractivity contribution < 1.29 is 0 Å². The van der Waals surface area contributed by atoms with E-state index in [1.54, 1.807) is 12.8 Å². The molecule has 0 nitrogen and oxygen atoms in total. The van der Waals surface area contributed by atoms with E-state index >= 15 is 0 Å². The van der Waals surface area contributed by atoms with Crippen molar-refractivity contribution in [2.75, 3.05) is 0 Å². The lowest BCUT2D eigenvalue weighted by Crippen LogP contribution is -2.29. The highest BCUT2D eigenvalue weighted by molar-refractivity contribution is 4.83. The van der Waals surface area contributed by atoms with Crippen molar-refractivity contribution in [1.29, 1.82) is 0 Å². The lowest BCUT2D eigenvalue weighted by atomic mass is 9.65. The highest BCUT2D eigenvalue weighted by Gasteiger charge is 2.32. The zero-order valence-corrected chi connectivity index (χ0v) is 8.55. The Morgan fingerprint density at radius 2 is 1.17 bits per heavy atom. The molecule has 2 saturated carbocycles. The summed E-state index contributed by atoms with van der Waals surface area (Å²) in [5.41, 5.74) is 0. The summed E-state index contributed by atoms with van der Waals surface area (Å²) < 4.78 is 0. The van der Waals surface area contributed by atoms with Crippen LogP contribution in [0.15, 0.2) is 0 Å². The molecule has 0 aromatic heterocycles. The Morgan fingerprint density at radius 1 is 0.667 bits per heavy atom. The topological polar surface area (TPSA) is 0 Å². The maximum Gasteiger partial charge on any atom is -0.0381 e. The Bertz CT molecular complexity index is 134. The summed E-state index contributed by atoms with van der Waals surface area (Å²) in [6.07, 6.45) is 9.17. The van der Waals surface area contributed by atoms with Crippen LogP contribution in [0.25, 0.3) is 0 Å². The number of hydrogen-bond donors (Lipinski definition) is 0. The molecule has 2 aliphatic rings. The normalized spacial score (nSPS) is 48.5. The Labute approximate surface area is 76.7 Å². The Morgan fingerprint density at radius 3 is 1.67 bits per heavy atom. The van der Waals surface area contributed by atoms with Crippen molar-refractivity contribution in [3.05, 3.63) is 0 Å². The SMILES string of the molecule is CC1CC[C@H]2CC[C@@H](C)CC2C1. The van der Waals surface area contributed by atoms with Gasteiger partial charge in [0.15, 0.2) is 0 Å². The third-order valence-electron chi connectivity index (χ3n) is 4.14. The lowest BCUT2D eigenvalue weighted by molar-refractivity contribution is 0.109. The Hall–Kier alpha value is 0. The van der Waals surface area contributed by atoms with E-state index in [0.717, 1.165) is 23.7 Å². The van der Waals surface area contributed by atoms with Crippen LogP contribution in [-0.4, -0.2) is 0 Å². The first-order chi connectivity index (χ1) is 5.75. The van der Waals surface area contributed by atoms with Crippen molar-refractivity contribution >= 4 is 0 Å². The summed E-state index contributed by atoms with van der Waals surface area (Å²) in [4.78, 5) is 0. The number of rotatable bonds is 0. The molecule has 0 bridgehead atoms. The maximum absolute atomic E-state index is 2.44. The molecule has 2 fully saturated rings. The molecule has 0 saturated heterocycles. The summed E-state index contributed by atoms with van der Waals surface area (Å²) in [6.45, 7) is 4.88. The van der Waals surface area contributed by atoms with Gasteiger partial charge in [-0.1, -0.05) is 26.7 Å². The minimum atomic E-state index is 1.02. The quantitative estimate of drug-likeness (QED) is 0.512. The zero-order chi connectivity index (χ0) is 8.55. The van der Waals surface area contributed by atoms with Gasteiger partial charge in [0.25, 0.3) is 0 Å². The van der Waals surface area contributed by atoms with Crippen molar-refractivity contribution in [3.63, 3.8) is 0 Å². The first-order valence-electron chi connectivity index (χ1n) is 5.75. The molecule has 0 aromatic rings. The standard InChI is InChI=1S/C12H22/c1-9-3-5-11-6-4-10(2)8-12(11)7-9/h9-12H,3-8H2,1-2H3/t9-,10?,11-,12?/m1/s1. The lowest BCUT2D eigenvalue weighted by Gasteiger charge is -2.40. The van der Waals surface area contributed by atoms with Gasteiger partial charge in [0, 0.05) is 0 Å². The maximum atomic E-state index is 2.44. The molecule has 2 unspecified atom stereocenters. The summed E-state index contributed by atoms with van der Waals surface area (Å²) >= 11 is 0. The fraction of sp³-hybridized carbons (Fsp3) is 1.00. The van der Waals surface area contributed by atoms with E-state index in [9.17, 15) is 0 Å². The van der Waals surface area contributed by atoms with Gasteiger partial charge in [0.05, 0.1) is 0 Å². The first-order valence-corrected chi connectivity index (χ1v) is 5.75. The molecule has 4 atom stereocenters. The molecule has 0 N–H and O–H groups in total. The van der Waals surface area contributed by atoms with Crippen LogP contribution in [0.4, 0.5) is 0 Å². The molecule has 0 aliphatic heterocycles. The molecular weight excluding hydrogens is 144 g/mol. The summed E-state index contributed by atoms with van der Waals surface area (Å²) in [7, 11) is 0. The largest absolute Gasteiger partial charge is 0.0625 e. The second-order valence-corrected chi connectivity index (χ2v) is 5.36. The fourth-order valence-electron chi connectivity index (χ4n) is 3.36. The molecule has 0 radical (unpaired) electrons. The van der Waals surface area contributed by atoms with Gasteiger partial charge in [-0.15, -0.1) is 0 Å². The van der Waals surface area contributed by atoms with Gasteiger partial charge >= 0.3 is 0 Å². The molecule has 0 heteroatoms. The van der Waals surface area contributed by atoms with Gasteiger partial charge in [-0.05, 0) is 49.4 Å². The van der Waals surface area contributed by atoms with Gasteiger partial charge in [-0.25, -0.2) is 0 Å². The van der Waals surface area contributed by atoms with E-state index in [0.29, 0.717) is 0 Å². The second-order valence-electron chi connectivity index (χ2n) is 5.36. The van der Waals surface area contributed by atoms with Gasteiger partial charge in [0.1, 0.15) is 0 Å². The van der Waals surface area contributed by atoms with Crippen LogP contribution in [-0.2, 0) is 0 Å². The third-order valence-corrected chi connectivity index (χ3v) is 4.14. The summed E-state index contributed by atoms with van der Waals surface area (Å²) in [6, 6.07) is 0. The molecule has 2 rings (SSSR count). The van der Waals surface area contributed by atoms with Crippen LogP contribution in [0.3, 0.4) is 0 Å². The molecule has 0 aromatic carbocycles. The number of hydrogen-bond acceptors (Lipinski definition) is 0. The second kappa shape index (κ2) is 3.40. The number of fused-ring (bicyclic) bond motifs is 1. The van der Waals surface area contributed by atoms with E-state index in [1.165, 1.54) is 25.7 Å². The minimum Gasteiger partial charge on any atom is -0.0625 e. The highest BCUT2D eigenvalue weighted by atomic mass is 14.4. The summed E-state index contributed by atoms with van der Waals surface area (Å²) in [5.74, 6) is 4.28. The predicted molar refractivity (Wildman–Crippen MR) is 53.0 cm³/mol. The average Bonchev–Trinajstić information content (AvgIpc) is 2.03. The minimum absolute atomic E-state index is 1.02. The molecule has 70 valence electrons. The van der Waals surface area contributed by atoms with E-state index in [4.69, 9.17) is 0 Å². The van der Waals surface area contributed by atoms with Crippen molar-refractivity contribution in [2.24, 2.45) is 23.7 Å². The van der Waals surface area contributed by atoms with Gasteiger partial charge in [0.2, 0.25) is 0 Å². The van der Waals surface area contributed by atoms with E-state index in [1.807, 2.05) is 0 Å². The van der Waals surface area contributed by atoms with E-state index < -0.39 is 0 Å². The highest BCUT2D eigenvalue weighted by Crippen LogP contribution is 2.44. The molecule has 12 heavy (non-hydrogen) atoms. The first kappa shape index (κ1) is 8.59. The summed E-state index contributed by atoms with van der Waals surface area (Å²) in [5, 5.41) is 0. The van der Waals surface area contributed by atoms with E-state index in [-0.39, 0.29) is 0 Å². The fourth-order valence-corrected chi connectivity index (χ4v) is 3.36. The van der Waals surface area contributed by atoms with Crippen molar-refractivity contribution in [3.8, 4) is 0 Å². The van der Waals surface area contributed by atoms with Crippen LogP contribution in [0.2, 0.25) is 0 Å². The van der Waals surface area contributed by atoms with Crippen molar-refractivity contribution in [1.82, 2.24) is 0 Å². The van der Waals surface area contributed by atoms with Gasteiger partial charge < -0.3 is 0 Å². The van der Waals surface area contributed by atoms with Crippen LogP contribution >= 0.6 is 0 Å². The predicted octanol–water partition coefficient (Wildman–Crippen LogP) is 3.86. The molecular formula is C12H22. The third kappa shape index (κ3) is 1.67. The van der Waals surface area contributed by atoms with Crippen LogP contribution < -0.4 is 0 Å². The van der Waals surface area contributed by atoms with Gasteiger partial charge in [-0.3, -0.25) is 0 Å².